The molecule has 3 rings (SSSR count). The second-order valence-electron chi connectivity index (χ2n) is 5.07. The molecule has 0 amide bonds. The van der Waals surface area contributed by atoms with Crippen molar-refractivity contribution >= 4 is 26.0 Å². The summed E-state index contributed by atoms with van der Waals surface area (Å²) in [4.78, 5) is 4.46. The van der Waals surface area contributed by atoms with E-state index < -0.39 is 10.0 Å². The summed E-state index contributed by atoms with van der Waals surface area (Å²) in [5.41, 5.74) is 0.711. The number of sulfonamides is 1. The molecule has 1 aliphatic rings. The standard InChI is InChI=1S/C13H15BrN4O2S/c1-9-4-5-10(14)7-12(9)21(19,20)17-11-3-2-6-18-13(11)15-8-16-18/h4-5,7-8,11,17H,2-3,6H2,1H3/t11-/m0/s1. The Morgan fingerprint density at radius 2 is 2.24 bits per heavy atom. The molecule has 0 radical (unpaired) electrons. The van der Waals surface area contributed by atoms with Crippen LogP contribution in [0.3, 0.4) is 0 Å². The van der Waals surface area contributed by atoms with Gasteiger partial charge in [0.25, 0.3) is 0 Å². The molecule has 1 N–H and O–H groups in total. The van der Waals surface area contributed by atoms with Gasteiger partial charge >= 0.3 is 0 Å². The molecular weight excluding hydrogens is 356 g/mol. The summed E-state index contributed by atoms with van der Waals surface area (Å²) in [6.07, 6.45) is 3.07. The molecule has 0 bridgehead atoms. The molecule has 8 heteroatoms. The number of hydrogen-bond donors (Lipinski definition) is 1. The van der Waals surface area contributed by atoms with Gasteiger partial charge in [-0.1, -0.05) is 22.0 Å². The van der Waals surface area contributed by atoms with Crippen LogP contribution in [0.2, 0.25) is 0 Å². The van der Waals surface area contributed by atoms with E-state index in [1.54, 1.807) is 23.7 Å². The smallest absolute Gasteiger partial charge is 0.241 e. The fourth-order valence-electron chi connectivity index (χ4n) is 2.52. The van der Waals surface area contributed by atoms with Gasteiger partial charge in [-0.05, 0) is 37.5 Å². The van der Waals surface area contributed by atoms with Gasteiger partial charge in [0.1, 0.15) is 12.2 Å². The van der Waals surface area contributed by atoms with Crippen molar-refractivity contribution in [3.8, 4) is 0 Å². The average molecular weight is 371 g/mol. The molecule has 0 spiro atoms. The molecule has 0 fully saturated rings. The fourth-order valence-corrected chi connectivity index (χ4v) is 4.53. The van der Waals surface area contributed by atoms with Crippen LogP contribution in [0.25, 0.3) is 0 Å². The normalized spacial score (nSPS) is 18.5. The molecule has 2 heterocycles. The second kappa shape index (κ2) is 5.51. The van der Waals surface area contributed by atoms with E-state index >= 15 is 0 Å². The maximum absolute atomic E-state index is 12.6. The summed E-state index contributed by atoms with van der Waals surface area (Å²) in [5, 5.41) is 4.10. The van der Waals surface area contributed by atoms with Crippen LogP contribution in [0.5, 0.6) is 0 Å². The Labute approximate surface area is 131 Å². The number of nitrogens with zero attached hydrogens (tertiary/aromatic N) is 3. The predicted octanol–water partition coefficient (Wildman–Crippen LogP) is 2.16. The summed E-state index contributed by atoms with van der Waals surface area (Å²) >= 11 is 3.31. The minimum atomic E-state index is -3.59. The highest BCUT2D eigenvalue weighted by Gasteiger charge is 2.28. The van der Waals surface area contributed by atoms with E-state index in [-0.39, 0.29) is 10.9 Å². The van der Waals surface area contributed by atoms with Gasteiger partial charge in [-0.3, -0.25) is 0 Å². The van der Waals surface area contributed by atoms with E-state index in [9.17, 15) is 8.42 Å². The number of aromatic nitrogens is 3. The number of halogens is 1. The molecule has 1 aliphatic heterocycles. The third kappa shape index (κ3) is 2.88. The monoisotopic (exact) mass is 370 g/mol. The first-order valence-corrected chi connectivity index (χ1v) is 8.91. The fraction of sp³-hybridized carbons (Fsp3) is 0.385. The van der Waals surface area contributed by atoms with Gasteiger partial charge < -0.3 is 0 Å². The highest BCUT2D eigenvalue weighted by molar-refractivity contribution is 9.10. The summed E-state index contributed by atoms with van der Waals surface area (Å²) in [6.45, 7) is 2.56. The van der Waals surface area contributed by atoms with Gasteiger partial charge in [-0.15, -0.1) is 0 Å². The van der Waals surface area contributed by atoms with Crippen LogP contribution in [0.4, 0.5) is 0 Å². The number of hydrogen-bond acceptors (Lipinski definition) is 4. The van der Waals surface area contributed by atoms with Crippen LogP contribution in [0, 0.1) is 6.92 Å². The SMILES string of the molecule is Cc1ccc(Br)cc1S(=O)(=O)N[C@H]1CCCn2ncnc21. The van der Waals surface area contributed by atoms with Gasteiger partial charge in [0.05, 0.1) is 10.9 Å². The zero-order chi connectivity index (χ0) is 15.0. The molecule has 0 saturated heterocycles. The molecule has 2 aromatic rings. The lowest BCUT2D eigenvalue weighted by Crippen LogP contribution is -2.33. The first-order valence-electron chi connectivity index (χ1n) is 6.63. The highest BCUT2D eigenvalue weighted by atomic mass is 79.9. The lowest BCUT2D eigenvalue weighted by atomic mass is 10.1. The topological polar surface area (TPSA) is 76.9 Å². The van der Waals surface area contributed by atoms with E-state index in [0.717, 1.165) is 23.9 Å². The molecule has 21 heavy (non-hydrogen) atoms. The molecule has 0 aliphatic carbocycles. The molecule has 0 saturated carbocycles. The number of fused-ring (bicyclic) bond motifs is 1. The van der Waals surface area contributed by atoms with Crippen LogP contribution in [-0.2, 0) is 16.6 Å². The Kier molecular flexibility index (Phi) is 3.85. The van der Waals surface area contributed by atoms with E-state index in [2.05, 4.69) is 30.7 Å². The minimum Gasteiger partial charge on any atom is -0.248 e. The zero-order valence-corrected chi connectivity index (χ0v) is 13.9. The van der Waals surface area contributed by atoms with E-state index in [4.69, 9.17) is 0 Å². The largest absolute Gasteiger partial charge is 0.248 e. The summed E-state index contributed by atoms with van der Waals surface area (Å²) in [7, 11) is -3.59. The van der Waals surface area contributed by atoms with Gasteiger partial charge in [0.15, 0.2) is 0 Å². The molecule has 1 atom stereocenters. The van der Waals surface area contributed by atoms with Crippen LogP contribution in [0.15, 0.2) is 33.9 Å². The molecule has 6 nitrogen and oxygen atoms in total. The van der Waals surface area contributed by atoms with Crippen molar-refractivity contribution < 1.29 is 8.42 Å². The van der Waals surface area contributed by atoms with Gasteiger partial charge in [-0.2, -0.15) is 5.10 Å². The lowest BCUT2D eigenvalue weighted by Gasteiger charge is -2.23. The molecular formula is C13H15BrN4O2S. The molecule has 1 aromatic carbocycles. The third-order valence-electron chi connectivity index (χ3n) is 3.56. The van der Waals surface area contributed by atoms with Crippen LogP contribution in [0.1, 0.15) is 30.3 Å². The number of aryl methyl sites for hydroxylation is 2. The van der Waals surface area contributed by atoms with Crippen molar-refractivity contribution in [3.63, 3.8) is 0 Å². The maximum atomic E-state index is 12.6. The minimum absolute atomic E-state index is 0.286. The third-order valence-corrected chi connectivity index (χ3v) is 5.66. The van der Waals surface area contributed by atoms with Crippen LogP contribution in [-0.4, -0.2) is 23.2 Å². The Hall–Kier alpha value is -1.25. The Morgan fingerprint density at radius 1 is 1.43 bits per heavy atom. The van der Waals surface area contributed by atoms with Crippen LogP contribution < -0.4 is 4.72 Å². The van der Waals surface area contributed by atoms with Crippen molar-refractivity contribution in [2.45, 2.75) is 37.2 Å². The molecule has 0 unspecified atom stereocenters. The molecule has 1 aromatic heterocycles. The maximum Gasteiger partial charge on any atom is 0.241 e. The summed E-state index contributed by atoms with van der Waals surface area (Å²) < 4.78 is 30.5. The van der Waals surface area contributed by atoms with Crippen molar-refractivity contribution in [1.29, 1.82) is 0 Å². The Balaban J connectivity index is 1.93. The summed E-state index contributed by atoms with van der Waals surface area (Å²) in [5.74, 6) is 0.678. The van der Waals surface area contributed by atoms with Crippen molar-refractivity contribution in [3.05, 3.63) is 40.4 Å². The first-order chi connectivity index (χ1) is 9.97. The molecule has 112 valence electrons. The van der Waals surface area contributed by atoms with Gasteiger partial charge in [0.2, 0.25) is 10.0 Å². The van der Waals surface area contributed by atoms with Crippen molar-refractivity contribution in [2.75, 3.05) is 0 Å². The summed E-state index contributed by atoms with van der Waals surface area (Å²) in [6, 6.07) is 4.89. The second-order valence-corrected chi connectivity index (χ2v) is 7.67. The van der Waals surface area contributed by atoms with Crippen LogP contribution >= 0.6 is 15.9 Å². The van der Waals surface area contributed by atoms with E-state index in [1.165, 1.54) is 6.33 Å². The van der Waals surface area contributed by atoms with Gasteiger partial charge in [-0.25, -0.2) is 22.8 Å². The highest BCUT2D eigenvalue weighted by Crippen LogP contribution is 2.26. The predicted molar refractivity (Wildman–Crippen MR) is 81.2 cm³/mol. The number of benzene rings is 1. The zero-order valence-electron chi connectivity index (χ0n) is 11.5. The lowest BCUT2D eigenvalue weighted by molar-refractivity contribution is 0.400. The number of nitrogens with one attached hydrogen (secondary N) is 1. The van der Waals surface area contributed by atoms with E-state index in [1.807, 2.05) is 6.07 Å². The van der Waals surface area contributed by atoms with Crippen molar-refractivity contribution in [2.24, 2.45) is 0 Å². The Morgan fingerprint density at radius 3 is 3.05 bits per heavy atom. The van der Waals surface area contributed by atoms with Gasteiger partial charge in [0, 0.05) is 11.0 Å². The average Bonchev–Trinajstić information content (AvgIpc) is 2.90. The number of rotatable bonds is 3. The quantitative estimate of drug-likeness (QED) is 0.897. The van der Waals surface area contributed by atoms with Crippen molar-refractivity contribution in [1.82, 2.24) is 19.5 Å². The Bertz CT molecular complexity index is 772. The van der Waals surface area contributed by atoms with E-state index in [0.29, 0.717) is 11.4 Å². The first kappa shape index (κ1) is 14.7.